The fourth-order valence-corrected chi connectivity index (χ4v) is 3.88. The summed E-state index contributed by atoms with van der Waals surface area (Å²) in [5.74, 6) is 2.26. The van der Waals surface area contributed by atoms with Gasteiger partial charge in [-0.1, -0.05) is 6.07 Å². The number of piperidine rings is 1. The minimum atomic E-state index is 0.363. The predicted octanol–water partition coefficient (Wildman–Crippen LogP) is 4.46. The SMILES string of the molecule is COc1ccc(NC(=S)N2CCCC(c3nc4ccc(C)cc4[nH]3)C2)cc1. The molecule has 0 saturated carbocycles. The highest BCUT2D eigenvalue weighted by atomic mass is 32.1. The first-order valence-electron chi connectivity index (χ1n) is 9.28. The van der Waals surface area contributed by atoms with Crippen molar-refractivity contribution in [2.24, 2.45) is 0 Å². The lowest BCUT2D eigenvalue weighted by Gasteiger charge is -2.33. The summed E-state index contributed by atoms with van der Waals surface area (Å²) in [7, 11) is 1.67. The lowest BCUT2D eigenvalue weighted by molar-refractivity contribution is 0.307. The maximum atomic E-state index is 5.65. The fourth-order valence-electron chi connectivity index (χ4n) is 3.60. The van der Waals surface area contributed by atoms with E-state index in [1.807, 2.05) is 24.3 Å². The Morgan fingerprint density at radius 1 is 1.26 bits per heavy atom. The van der Waals surface area contributed by atoms with E-state index in [2.05, 4.69) is 40.3 Å². The van der Waals surface area contributed by atoms with Crippen LogP contribution in [0.25, 0.3) is 11.0 Å². The zero-order valence-corrected chi connectivity index (χ0v) is 16.5. The monoisotopic (exact) mass is 380 g/mol. The van der Waals surface area contributed by atoms with Crippen molar-refractivity contribution in [1.82, 2.24) is 14.9 Å². The maximum absolute atomic E-state index is 5.65. The van der Waals surface area contributed by atoms with Crippen LogP contribution in [0.15, 0.2) is 42.5 Å². The number of likely N-dealkylation sites (tertiary alicyclic amines) is 1. The number of hydrogen-bond acceptors (Lipinski definition) is 3. The Kier molecular flexibility index (Phi) is 4.99. The molecule has 3 aromatic rings. The van der Waals surface area contributed by atoms with Gasteiger partial charge in [-0.05, 0) is 73.9 Å². The van der Waals surface area contributed by atoms with Crippen LogP contribution in [0, 0.1) is 6.92 Å². The van der Waals surface area contributed by atoms with Crippen LogP contribution in [-0.2, 0) is 0 Å². The average Bonchev–Trinajstić information content (AvgIpc) is 3.12. The molecule has 1 unspecified atom stereocenters. The van der Waals surface area contributed by atoms with Crippen molar-refractivity contribution in [3.63, 3.8) is 0 Å². The lowest BCUT2D eigenvalue weighted by atomic mass is 9.98. The number of aromatic nitrogens is 2. The summed E-state index contributed by atoms with van der Waals surface area (Å²) in [4.78, 5) is 10.6. The van der Waals surface area contributed by atoms with Gasteiger partial charge in [0.2, 0.25) is 0 Å². The molecule has 0 radical (unpaired) electrons. The number of aromatic amines is 1. The Hall–Kier alpha value is -2.60. The second-order valence-corrected chi connectivity index (χ2v) is 7.47. The molecule has 2 heterocycles. The van der Waals surface area contributed by atoms with E-state index in [1.54, 1.807) is 7.11 Å². The molecular formula is C21H24N4OS. The van der Waals surface area contributed by atoms with Crippen LogP contribution in [0.2, 0.25) is 0 Å². The number of methoxy groups -OCH3 is 1. The fraction of sp³-hybridized carbons (Fsp3) is 0.333. The van der Waals surface area contributed by atoms with Crippen molar-refractivity contribution in [3.05, 3.63) is 53.9 Å². The number of H-pyrrole nitrogens is 1. The molecule has 0 aliphatic carbocycles. The number of benzene rings is 2. The molecule has 1 atom stereocenters. The van der Waals surface area contributed by atoms with Gasteiger partial charge in [-0.3, -0.25) is 0 Å². The molecule has 2 aromatic carbocycles. The lowest BCUT2D eigenvalue weighted by Crippen LogP contribution is -2.41. The van der Waals surface area contributed by atoms with Crippen LogP contribution in [-0.4, -0.2) is 40.2 Å². The van der Waals surface area contributed by atoms with Crippen LogP contribution in [0.3, 0.4) is 0 Å². The molecule has 4 rings (SSSR count). The average molecular weight is 381 g/mol. The molecule has 27 heavy (non-hydrogen) atoms. The highest BCUT2D eigenvalue weighted by Gasteiger charge is 2.25. The van der Waals surface area contributed by atoms with E-state index in [1.165, 1.54) is 5.56 Å². The first-order valence-corrected chi connectivity index (χ1v) is 9.69. The molecule has 1 fully saturated rings. The summed E-state index contributed by atoms with van der Waals surface area (Å²) < 4.78 is 5.20. The minimum absolute atomic E-state index is 0.363. The molecule has 2 N–H and O–H groups in total. The molecule has 1 aliphatic heterocycles. The summed E-state index contributed by atoms with van der Waals surface area (Å²) in [6.45, 7) is 3.95. The van der Waals surface area contributed by atoms with Gasteiger partial charge in [0.1, 0.15) is 11.6 Å². The predicted molar refractivity (Wildman–Crippen MR) is 114 cm³/mol. The first-order chi connectivity index (χ1) is 13.1. The van der Waals surface area contributed by atoms with Crippen molar-refractivity contribution in [2.45, 2.75) is 25.7 Å². The highest BCUT2D eigenvalue weighted by molar-refractivity contribution is 7.80. The summed E-state index contributed by atoms with van der Waals surface area (Å²) >= 11 is 5.65. The summed E-state index contributed by atoms with van der Waals surface area (Å²) in [5.41, 5.74) is 4.36. The van der Waals surface area contributed by atoms with Gasteiger partial charge >= 0.3 is 0 Å². The van der Waals surface area contributed by atoms with Crippen molar-refractivity contribution in [1.29, 1.82) is 0 Å². The minimum Gasteiger partial charge on any atom is -0.497 e. The second kappa shape index (κ2) is 7.56. The molecule has 0 bridgehead atoms. The smallest absolute Gasteiger partial charge is 0.173 e. The summed E-state index contributed by atoms with van der Waals surface area (Å²) in [6.07, 6.45) is 2.23. The van der Waals surface area contributed by atoms with E-state index in [9.17, 15) is 0 Å². The normalized spacial score (nSPS) is 17.1. The molecule has 0 amide bonds. The second-order valence-electron chi connectivity index (χ2n) is 7.09. The first kappa shape index (κ1) is 17.8. The number of anilines is 1. The van der Waals surface area contributed by atoms with Crippen LogP contribution in [0.1, 0.15) is 30.1 Å². The third-order valence-electron chi connectivity index (χ3n) is 5.09. The van der Waals surface area contributed by atoms with E-state index in [0.29, 0.717) is 5.92 Å². The number of ether oxygens (including phenoxy) is 1. The number of imidazole rings is 1. The van der Waals surface area contributed by atoms with E-state index in [-0.39, 0.29) is 0 Å². The third kappa shape index (κ3) is 3.90. The summed E-state index contributed by atoms with van der Waals surface area (Å²) in [6, 6.07) is 14.2. The Labute approximate surface area is 164 Å². The Balaban J connectivity index is 1.45. The van der Waals surface area contributed by atoms with Crippen molar-refractivity contribution >= 4 is 34.1 Å². The number of aryl methyl sites for hydroxylation is 1. The van der Waals surface area contributed by atoms with E-state index < -0.39 is 0 Å². The zero-order chi connectivity index (χ0) is 18.8. The van der Waals surface area contributed by atoms with Crippen molar-refractivity contribution in [2.75, 3.05) is 25.5 Å². The highest BCUT2D eigenvalue weighted by Crippen LogP contribution is 2.27. The number of nitrogens with one attached hydrogen (secondary N) is 2. The zero-order valence-electron chi connectivity index (χ0n) is 15.7. The number of nitrogens with zero attached hydrogens (tertiary/aromatic N) is 2. The standard InChI is InChI=1S/C21H24N4OS/c1-14-5-10-18-19(12-14)24-20(23-18)15-4-3-11-25(13-15)21(27)22-16-6-8-17(26-2)9-7-16/h5-10,12,15H,3-4,11,13H2,1-2H3,(H,22,27)(H,23,24). The summed E-state index contributed by atoms with van der Waals surface area (Å²) in [5, 5.41) is 4.10. The Morgan fingerprint density at radius 3 is 2.85 bits per heavy atom. The van der Waals surface area contributed by atoms with Gasteiger partial charge < -0.3 is 19.9 Å². The van der Waals surface area contributed by atoms with Crippen LogP contribution in [0.4, 0.5) is 5.69 Å². The third-order valence-corrected chi connectivity index (χ3v) is 5.45. The molecule has 1 aliphatic rings. The van der Waals surface area contributed by atoms with Gasteiger partial charge in [0, 0.05) is 24.7 Å². The van der Waals surface area contributed by atoms with Crippen molar-refractivity contribution in [3.8, 4) is 5.75 Å². The van der Waals surface area contributed by atoms with E-state index in [4.69, 9.17) is 21.9 Å². The molecular weight excluding hydrogens is 356 g/mol. The van der Waals surface area contributed by atoms with Crippen LogP contribution >= 0.6 is 12.2 Å². The molecule has 5 nitrogen and oxygen atoms in total. The number of fused-ring (bicyclic) bond motifs is 1. The van der Waals surface area contributed by atoms with Crippen molar-refractivity contribution < 1.29 is 4.74 Å². The van der Waals surface area contributed by atoms with Gasteiger partial charge in [0.15, 0.2) is 5.11 Å². The van der Waals surface area contributed by atoms with Gasteiger partial charge in [0.05, 0.1) is 18.1 Å². The van der Waals surface area contributed by atoms with Gasteiger partial charge in [-0.2, -0.15) is 0 Å². The Morgan fingerprint density at radius 2 is 2.07 bits per heavy atom. The molecule has 1 aromatic heterocycles. The van der Waals surface area contributed by atoms with Gasteiger partial charge in [-0.25, -0.2) is 4.98 Å². The molecule has 6 heteroatoms. The Bertz CT molecular complexity index is 950. The molecule has 140 valence electrons. The number of hydrogen-bond donors (Lipinski definition) is 2. The van der Waals surface area contributed by atoms with Crippen LogP contribution in [0.5, 0.6) is 5.75 Å². The van der Waals surface area contributed by atoms with E-state index >= 15 is 0 Å². The largest absolute Gasteiger partial charge is 0.497 e. The number of rotatable bonds is 3. The topological polar surface area (TPSA) is 53.2 Å². The van der Waals surface area contributed by atoms with Gasteiger partial charge in [0.25, 0.3) is 0 Å². The number of thiocarbonyl (C=S) groups is 1. The quantitative estimate of drug-likeness (QED) is 0.657. The maximum Gasteiger partial charge on any atom is 0.173 e. The van der Waals surface area contributed by atoms with Crippen LogP contribution < -0.4 is 10.1 Å². The van der Waals surface area contributed by atoms with Gasteiger partial charge in [-0.15, -0.1) is 0 Å². The molecule has 0 spiro atoms. The molecule has 1 saturated heterocycles. The van der Waals surface area contributed by atoms with E-state index in [0.717, 1.165) is 59.3 Å².